The second kappa shape index (κ2) is 7.33. The molecule has 21 heavy (non-hydrogen) atoms. The Balaban J connectivity index is 1.94. The van der Waals surface area contributed by atoms with Gasteiger partial charge in [0.2, 0.25) is 11.8 Å². The van der Waals surface area contributed by atoms with Gasteiger partial charge in [0, 0.05) is 31.7 Å². The molecule has 0 saturated carbocycles. The molecule has 1 saturated heterocycles. The van der Waals surface area contributed by atoms with Crippen LogP contribution in [-0.4, -0.2) is 54.5 Å². The molecule has 1 unspecified atom stereocenters. The number of methoxy groups -OCH3 is 1. The van der Waals surface area contributed by atoms with Crippen molar-refractivity contribution in [1.82, 2.24) is 20.4 Å². The second-order valence-corrected chi connectivity index (χ2v) is 6.77. The zero-order valence-corrected chi connectivity index (χ0v) is 13.7. The summed E-state index contributed by atoms with van der Waals surface area (Å²) in [5.41, 5.74) is -0.102. The van der Waals surface area contributed by atoms with Crippen LogP contribution in [0.3, 0.4) is 0 Å². The summed E-state index contributed by atoms with van der Waals surface area (Å²) >= 11 is 0. The van der Waals surface area contributed by atoms with E-state index in [0.717, 1.165) is 19.6 Å². The molecule has 1 aromatic rings. The number of hydrogen-bond acceptors (Lipinski definition) is 6. The van der Waals surface area contributed by atoms with Crippen LogP contribution < -0.4 is 5.32 Å². The zero-order chi connectivity index (χ0) is 15.3. The first kappa shape index (κ1) is 16.4. The van der Waals surface area contributed by atoms with E-state index in [9.17, 15) is 0 Å². The van der Waals surface area contributed by atoms with Gasteiger partial charge >= 0.3 is 0 Å². The first-order valence-electron chi connectivity index (χ1n) is 7.76. The predicted octanol–water partition coefficient (Wildman–Crippen LogP) is 1.57. The molecule has 0 aromatic carbocycles. The molecule has 1 aliphatic rings. The highest BCUT2D eigenvalue weighted by atomic mass is 16.5. The van der Waals surface area contributed by atoms with Crippen LogP contribution in [0.25, 0.3) is 0 Å². The molecule has 1 N–H and O–H groups in total. The molecule has 1 fully saturated rings. The van der Waals surface area contributed by atoms with E-state index in [1.807, 2.05) is 0 Å². The SMILES string of the molecule is COCCN(Cc1nnc(C(C)(C)C)o1)CC1CCCN1. The number of aromatic nitrogens is 2. The molecular formula is C15H28N4O2. The van der Waals surface area contributed by atoms with E-state index in [1.165, 1.54) is 12.8 Å². The maximum atomic E-state index is 5.80. The fraction of sp³-hybridized carbons (Fsp3) is 0.867. The van der Waals surface area contributed by atoms with E-state index in [-0.39, 0.29) is 5.41 Å². The maximum absolute atomic E-state index is 5.80. The van der Waals surface area contributed by atoms with Crippen molar-refractivity contribution in [3.8, 4) is 0 Å². The molecule has 0 bridgehead atoms. The minimum Gasteiger partial charge on any atom is -0.423 e. The molecule has 6 nitrogen and oxygen atoms in total. The third kappa shape index (κ3) is 5.05. The summed E-state index contributed by atoms with van der Waals surface area (Å²) in [6.07, 6.45) is 2.50. The first-order chi connectivity index (χ1) is 9.99. The highest BCUT2D eigenvalue weighted by molar-refractivity contribution is 4.96. The van der Waals surface area contributed by atoms with Crippen molar-refractivity contribution in [3.05, 3.63) is 11.8 Å². The number of ether oxygens (including phenoxy) is 1. The Labute approximate surface area is 127 Å². The molecule has 0 spiro atoms. The van der Waals surface area contributed by atoms with Gasteiger partial charge in [-0.25, -0.2) is 0 Å². The number of nitrogens with one attached hydrogen (secondary N) is 1. The zero-order valence-electron chi connectivity index (χ0n) is 13.7. The van der Waals surface area contributed by atoms with Crippen molar-refractivity contribution >= 4 is 0 Å². The summed E-state index contributed by atoms with van der Waals surface area (Å²) in [4.78, 5) is 2.33. The van der Waals surface area contributed by atoms with Crippen molar-refractivity contribution in [2.45, 2.75) is 51.6 Å². The van der Waals surface area contributed by atoms with Crippen molar-refractivity contribution in [1.29, 1.82) is 0 Å². The standard InChI is InChI=1S/C15H28N4O2/c1-15(2,3)14-18-17-13(21-14)11-19(8-9-20-4)10-12-6-5-7-16-12/h12,16H,5-11H2,1-4H3. The Morgan fingerprint density at radius 1 is 1.38 bits per heavy atom. The summed E-state index contributed by atoms with van der Waals surface area (Å²) in [5, 5.41) is 11.9. The average molecular weight is 296 g/mol. The molecule has 0 aliphatic carbocycles. The molecule has 1 atom stereocenters. The maximum Gasteiger partial charge on any atom is 0.230 e. The first-order valence-corrected chi connectivity index (χ1v) is 7.76. The normalized spacial score (nSPS) is 19.6. The molecule has 1 aliphatic heterocycles. The fourth-order valence-electron chi connectivity index (χ4n) is 2.49. The molecule has 6 heteroatoms. The quantitative estimate of drug-likeness (QED) is 0.824. The monoisotopic (exact) mass is 296 g/mol. The summed E-state index contributed by atoms with van der Waals surface area (Å²) in [6, 6.07) is 0.562. The van der Waals surface area contributed by atoms with Crippen LogP contribution in [-0.2, 0) is 16.7 Å². The summed E-state index contributed by atoms with van der Waals surface area (Å²) in [6.45, 7) is 10.6. The van der Waals surface area contributed by atoms with Crippen molar-refractivity contribution < 1.29 is 9.15 Å². The van der Waals surface area contributed by atoms with Gasteiger partial charge in [0.25, 0.3) is 0 Å². The average Bonchev–Trinajstić information content (AvgIpc) is 3.06. The van der Waals surface area contributed by atoms with Gasteiger partial charge in [-0.15, -0.1) is 10.2 Å². The van der Waals surface area contributed by atoms with Crippen LogP contribution in [0.5, 0.6) is 0 Å². The van der Waals surface area contributed by atoms with Crippen molar-refractivity contribution in [3.63, 3.8) is 0 Å². The van der Waals surface area contributed by atoms with Gasteiger partial charge in [0.05, 0.1) is 13.2 Å². The summed E-state index contributed by atoms with van der Waals surface area (Å²) in [5.74, 6) is 1.39. The van der Waals surface area contributed by atoms with Gasteiger partial charge in [-0.3, -0.25) is 4.90 Å². The number of hydrogen-bond donors (Lipinski definition) is 1. The minimum atomic E-state index is -0.102. The van der Waals surface area contributed by atoms with Gasteiger partial charge in [0.15, 0.2) is 0 Å². The van der Waals surface area contributed by atoms with E-state index in [0.29, 0.717) is 31.0 Å². The van der Waals surface area contributed by atoms with Crippen LogP contribution in [0, 0.1) is 0 Å². The highest BCUT2D eigenvalue weighted by Gasteiger charge is 2.23. The Kier molecular flexibility index (Phi) is 5.72. The lowest BCUT2D eigenvalue weighted by atomic mass is 9.97. The molecule has 0 amide bonds. The Bertz CT molecular complexity index is 422. The third-order valence-corrected chi connectivity index (χ3v) is 3.72. The van der Waals surface area contributed by atoms with E-state index >= 15 is 0 Å². The molecule has 0 radical (unpaired) electrons. The topological polar surface area (TPSA) is 63.4 Å². The second-order valence-electron chi connectivity index (χ2n) is 6.77. The van der Waals surface area contributed by atoms with Crippen LogP contribution >= 0.6 is 0 Å². The smallest absolute Gasteiger partial charge is 0.230 e. The fourth-order valence-corrected chi connectivity index (χ4v) is 2.49. The van der Waals surface area contributed by atoms with Crippen LogP contribution in [0.2, 0.25) is 0 Å². The van der Waals surface area contributed by atoms with Gasteiger partial charge in [-0.2, -0.15) is 0 Å². The summed E-state index contributed by atoms with van der Waals surface area (Å²) in [7, 11) is 1.73. The predicted molar refractivity (Wildman–Crippen MR) is 81.2 cm³/mol. The van der Waals surface area contributed by atoms with E-state index in [4.69, 9.17) is 9.15 Å². The van der Waals surface area contributed by atoms with Gasteiger partial charge in [0.1, 0.15) is 0 Å². The lowest BCUT2D eigenvalue weighted by Crippen LogP contribution is -2.38. The van der Waals surface area contributed by atoms with Crippen LogP contribution in [0.15, 0.2) is 4.42 Å². The number of nitrogens with zero attached hydrogens (tertiary/aromatic N) is 3. The molecule has 2 heterocycles. The lowest BCUT2D eigenvalue weighted by molar-refractivity contribution is 0.131. The summed E-state index contributed by atoms with van der Waals surface area (Å²) < 4.78 is 11.0. The van der Waals surface area contributed by atoms with Gasteiger partial charge in [-0.05, 0) is 19.4 Å². The Morgan fingerprint density at radius 2 is 2.19 bits per heavy atom. The van der Waals surface area contributed by atoms with Crippen molar-refractivity contribution in [2.24, 2.45) is 0 Å². The largest absolute Gasteiger partial charge is 0.423 e. The molecule has 120 valence electrons. The van der Waals surface area contributed by atoms with E-state index in [1.54, 1.807) is 7.11 Å². The van der Waals surface area contributed by atoms with Crippen LogP contribution in [0.4, 0.5) is 0 Å². The van der Waals surface area contributed by atoms with Crippen molar-refractivity contribution in [2.75, 3.05) is 33.4 Å². The number of rotatable bonds is 7. The lowest BCUT2D eigenvalue weighted by Gasteiger charge is -2.23. The molecular weight excluding hydrogens is 268 g/mol. The Morgan fingerprint density at radius 3 is 2.76 bits per heavy atom. The molecule has 1 aromatic heterocycles. The van der Waals surface area contributed by atoms with E-state index < -0.39 is 0 Å². The van der Waals surface area contributed by atoms with Gasteiger partial charge < -0.3 is 14.5 Å². The minimum absolute atomic E-state index is 0.102. The molecule has 2 rings (SSSR count). The highest BCUT2D eigenvalue weighted by Crippen LogP contribution is 2.21. The van der Waals surface area contributed by atoms with Gasteiger partial charge in [-0.1, -0.05) is 20.8 Å². The van der Waals surface area contributed by atoms with E-state index in [2.05, 4.69) is 41.2 Å². The van der Waals surface area contributed by atoms with Crippen LogP contribution in [0.1, 0.15) is 45.4 Å². The Hall–Kier alpha value is -0.980. The third-order valence-electron chi connectivity index (χ3n) is 3.72.